The number of hydrogen-bond acceptors (Lipinski definition) is 5. The predicted molar refractivity (Wildman–Crippen MR) is 87.9 cm³/mol. The summed E-state index contributed by atoms with van der Waals surface area (Å²) in [5.41, 5.74) is 3.99. The number of aryl methyl sites for hydroxylation is 3. The SMILES string of the molecule is Cc1ccc(CN2CCC(Nc3nnc(C)c(C)n3)C2=O)cc1. The molecule has 0 aliphatic carbocycles. The van der Waals surface area contributed by atoms with E-state index in [1.807, 2.05) is 18.7 Å². The van der Waals surface area contributed by atoms with Crippen LogP contribution in [0, 0.1) is 20.8 Å². The van der Waals surface area contributed by atoms with E-state index in [-0.39, 0.29) is 11.9 Å². The Bertz CT molecular complexity index is 713. The zero-order valence-electron chi connectivity index (χ0n) is 13.7. The standard InChI is InChI=1S/C17H21N5O/c1-11-4-6-14(7-5-11)10-22-9-8-15(16(22)23)19-17-18-12(2)13(3)20-21-17/h4-7,15H,8-10H2,1-3H3,(H,18,19,21). The van der Waals surface area contributed by atoms with Gasteiger partial charge in [0.2, 0.25) is 11.9 Å². The third-order valence-corrected chi connectivity index (χ3v) is 4.19. The first kappa shape index (κ1) is 15.4. The summed E-state index contributed by atoms with van der Waals surface area (Å²) < 4.78 is 0. The Morgan fingerprint density at radius 1 is 1.13 bits per heavy atom. The van der Waals surface area contributed by atoms with Crippen molar-refractivity contribution < 1.29 is 4.79 Å². The highest BCUT2D eigenvalue weighted by Gasteiger charge is 2.32. The molecule has 3 rings (SSSR count). The van der Waals surface area contributed by atoms with Crippen LogP contribution in [0.5, 0.6) is 0 Å². The minimum Gasteiger partial charge on any atom is -0.341 e. The zero-order valence-corrected chi connectivity index (χ0v) is 13.7. The highest BCUT2D eigenvalue weighted by Crippen LogP contribution is 2.18. The van der Waals surface area contributed by atoms with Crippen molar-refractivity contribution >= 4 is 11.9 Å². The molecule has 0 spiro atoms. The number of nitrogens with zero attached hydrogens (tertiary/aromatic N) is 4. The Balaban J connectivity index is 1.64. The smallest absolute Gasteiger partial charge is 0.245 e. The lowest BCUT2D eigenvalue weighted by Crippen LogP contribution is -2.33. The third-order valence-electron chi connectivity index (χ3n) is 4.19. The highest BCUT2D eigenvalue weighted by molar-refractivity contribution is 5.86. The number of benzene rings is 1. The molecule has 0 radical (unpaired) electrons. The lowest BCUT2D eigenvalue weighted by Gasteiger charge is -2.17. The number of likely N-dealkylation sites (tertiary alicyclic amines) is 1. The summed E-state index contributed by atoms with van der Waals surface area (Å²) in [6.45, 7) is 7.19. The minimum atomic E-state index is -0.274. The Labute approximate surface area is 136 Å². The summed E-state index contributed by atoms with van der Waals surface area (Å²) in [6.07, 6.45) is 0.751. The van der Waals surface area contributed by atoms with E-state index in [0.717, 1.165) is 29.9 Å². The van der Waals surface area contributed by atoms with E-state index in [1.165, 1.54) is 5.56 Å². The van der Waals surface area contributed by atoms with Gasteiger partial charge in [0.15, 0.2) is 0 Å². The second-order valence-corrected chi connectivity index (χ2v) is 6.04. The van der Waals surface area contributed by atoms with Gasteiger partial charge in [-0.2, -0.15) is 5.10 Å². The van der Waals surface area contributed by atoms with Crippen molar-refractivity contribution in [3.63, 3.8) is 0 Å². The molecule has 120 valence electrons. The maximum Gasteiger partial charge on any atom is 0.245 e. The topological polar surface area (TPSA) is 71.0 Å². The highest BCUT2D eigenvalue weighted by atomic mass is 16.2. The maximum atomic E-state index is 12.5. The molecule has 1 N–H and O–H groups in total. The lowest BCUT2D eigenvalue weighted by molar-refractivity contribution is -0.128. The van der Waals surface area contributed by atoms with Crippen molar-refractivity contribution in [2.24, 2.45) is 0 Å². The van der Waals surface area contributed by atoms with Crippen LogP contribution in [0.3, 0.4) is 0 Å². The molecule has 1 atom stereocenters. The van der Waals surface area contributed by atoms with Gasteiger partial charge in [-0.25, -0.2) is 4.98 Å². The van der Waals surface area contributed by atoms with E-state index in [0.29, 0.717) is 12.5 Å². The fourth-order valence-electron chi connectivity index (χ4n) is 2.62. The molecule has 1 saturated heterocycles. The van der Waals surface area contributed by atoms with Gasteiger partial charge >= 0.3 is 0 Å². The van der Waals surface area contributed by atoms with Crippen LogP contribution in [0.15, 0.2) is 24.3 Å². The number of aromatic nitrogens is 3. The van der Waals surface area contributed by atoms with Gasteiger partial charge in [0.25, 0.3) is 0 Å². The molecule has 23 heavy (non-hydrogen) atoms. The van der Waals surface area contributed by atoms with Crippen molar-refractivity contribution in [2.45, 2.75) is 39.8 Å². The molecular formula is C17H21N5O. The van der Waals surface area contributed by atoms with Crippen molar-refractivity contribution in [2.75, 3.05) is 11.9 Å². The van der Waals surface area contributed by atoms with E-state index >= 15 is 0 Å². The number of anilines is 1. The summed E-state index contributed by atoms with van der Waals surface area (Å²) in [6, 6.07) is 8.00. The van der Waals surface area contributed by atoms with Gasteiger partial charge in [0.1, 0.15) is 6.04 Å². The van der Waals surface area contributed by atoms with E-state index in [2.05, 4.69) is 51.7 Å². The number of hydrogen-bond donors (Lipinski definition) is 1. The van der Waals surface area contributed by atoms with Crippen LogP contribution in [-0.4, -0.2) is 38.6 Å². The number of nitrogens with one attached hydrogen (secondary N) is 1. The first-order chi connectivity index (χ1) is 11.0. The molecular weight excluding hydrogens is 290 g/mol. The molecule has 0 saturated carbocycles. The van der Waals surface area contributed by atoms with Gasteiger partial charge < -0.3 is 10.2 Å². The molecule has 1 unspecified atom stereocenters. The van der Waals surface area contributed by atoms with Crippen molar-refractivity contribution in [1.82, 2.24) is 20.1 Å². The molecule has 6 nitrogen and oxygen atoms in total. The van der Waals surface area contributed by atoms with Crippen LogP contribution in [0.1, 0.15) is 28.9 Å². The van der Waals surface area contributed by atoms with Crippen LogP contribution < -0.4 is 5.32 Å². The second kappa shape index (κ2) is 6.32. The van der Waals surface area contributed by atoms with Crippen LogP contribution in [0.25, 0.3) is 0 Å². The number of amides is 1. The van der Waals surface area contributed by atoms with E-state index in [9.17, 15) is 4.79 Å². The quantitative estimate of drug-likeness (QED) is 0.935. The Morgan fingerprint density at radius 2 is 1.87 bits per heavy atom. The van der Waals surface area contributed by atoms with Crippen LogP contribution >= 0.6 is 0 Å². The molecule has 1 fully saturated rings. The predicted octanol–water partition coefficient (Wildman–Crippen LogP) is 2.01. The molecule has 1 aromatic heterocycles. The Kier molecular flexibility index (Phi) is 4.23. The molecule has 0 bridgehead atoms. The minimum absolute atomic E-state index is 0.0902. The van der Waals surface area contributed by atoms with Crippen LogP contribution in [0.4, 0.5) is 5.95 Å². The average Bonchev–Trinajstić information content (AvgIpc) is 2.86. The molecule has 1 aliphatic heterocycles. The summed E-state index contributed by atoms with van der Waals surface area (Å²) in [7, 11) is 0. The molecule has 6 heteroatoms. The van der Waals surface area contributed by atoms with E-state index < -0.39 is 0 Å². The summed E-state index contributed by atoms with van der Waals surface area (Å²) >= 11 is 0. The lowest BCUT2D eigenvalue weighted by atomic mass is 10.1. The van der Waals surface area contributed by atoms with E-state index in [4.69, 9.17) is 0 Å². The van der Waals surface area contributed by atoms with Gasteiger partial charge in [-0.15, -0.1) is 5.10 Å². The second-order valence-electron chi connectivity index (χ2n) is 6.04. The molecule has 2 heterocycles. The van der Waals surface area contributed by atoms with Crippen molar-refractivity contribution in [3.8, 4) is 0 Å². The monoisotopic (exact) mass is 311 g/mol. The first-order valence-corrected chi connectivity index (χ1v) is 7.82. The number of carbonyl (C=O) groups excluding carboxylic acids is 1. The largest absolute Gasteiger partial charge is 0.341 e. The molecule has 1 aromatic carbocycles. The maximum absolute atomic E-state index is 12.5. The molecule has 2 aromatic rings. The van der Waals surface area contributed by atoms with Crippen LogP contribution in [-0.2, 0) is 11.3 Å². The summed E-state index contributed by atoms with van der Waals surface area (Å²) in [5.74, 6) is 0.510. The number of carbonyl (C=O) groups is 1. The van der Waals surface area contributed by atoms with E-state index in [1.54, 1.807) is 0 Å². The average molecular weight is 311 g/mol. The fourth-order valence-corrected chi connectivity index (χ4v) is 2.62. The third kappa shape index (κ3) is 3.47. The summed E-state index contributed by atoms with van der Waals surface area (Å²) in [5, 5.41) is 11.2. The molecule has 1 aliphatic rings. The van der Waals surface area contributed by atoms with Gasteiger partial charge in [-0.3, -0.25) is 4.79 Å². The fraction of sp³-hybridized carbons (Fsp3) is 0.412. The van der Waals surface area contributed by atoms with Gasteiger partial charge in [0.05, 0.1) is 11.4 Å². The van der Waals surface area contributed by atoms with Crippen molar-refractivity contribution in [3.05, 3.63) is 46.8 Å². The summed E-state index contributed by atoms with van der Waals surface area (Å²) in [4.78, 5) is 18.7. The van der Waals surface area contributed by atoms with Crippen LogP contribution in [0.2, 0.25) is 0 Å². The first-order valence-electron chi connectivity index (χ1n) is 7.82. The van der Waals surface area contributed by atoms with Gasteiger partial charge in [-0.05, 0) is 32.8 Å². The van der Waals surface area contributed by atoms with Crippen molar-refractivity contribution in [1.29, 1.82) is 0 Å². The van der Waals surface area contributed by atoms with Gasteiger partial charge in [0, 0.05) is 13.1 Å². The number of rotatable bonds is 4. The molecule has 1 amide bonds. The Hall–Kier alpha value is -2.50. The van der Waals surface area contributed by atoms with Gasteiger partial charge in [-0.1, -0.05) is 29.8 Å². The zero-order chi connectivity index (χ0) is 16.4. The Morgan fingerprint density at radius 3 is 2.57 bits per heavy atom. The normalized spacial score (nSPS) is 17.6.